The summed E-state index contributed by atoms with van der Waals surface area (Å²) in [7, 11) is 0. The number of hydrogen-bond donors (Lipinski definition) is 3. The van der Waals surface area contributed by atoms with E-state index in [0.29, 0.717) is 41.2 Å². The number of aromatic nitrogens is 2. The van der Waals surface area contributed by atoms with Gasteiger partial charge in [-0.05, 0) is 74.3 Å². The maximum atomic E-state index is 13.2. The Morgan fingerprint density at radius 1 is 1.17 bits per heavy atom. The summed E-state index contributed by atoms with van der Waals surface area (Å²) >= 11 is 6.68. The average Bonchev–Trinajstić information content (AvgIpc) is 3.51. The van der Waals surface area contributed by atoms with Crippen LogP contribution in [0.2, 0.25) is 5.02 Å². The summed E-state index contributed by atoms with van der Waals surface area (Å²) in [5.74, 6) is 2.66. The molecule has 3 N–H and O–H groups in total. The molecule has 1 amide bonds. The quantitative estimate of drug-likeness (QED) is 0.297. The summed E-state index contributed by atoms with van der Waals surface area (Å²) in [6.45, 7) is 4.22. The van der Waals surface area contributed by atoms with Crippen molar-refractivity contribution in [1.29, 1.82) is 0 Å². The third-order valence-electron chi connectivity index (χ3n) is 8.41. The molecule has 0 bridgehead atoms. The molecule has 1 atom stereocenters. The van der Waals surface area contributed by atoms with E-state index in [1.807, 2.05) is 24.3 Å². The van der Waals surface area contributed by atoms with E-state index in [1.54, 1.807) is 6.20 Å². The Balaban J connectivity index is 1.03. The van der Waals surface area contributed by atoms with Crippen LogP contribution in [0.25, 0.3) is 0 Å². The minimum absolute atomic E-state index is 0.171. The molecule has 1 aliphatic carbocycles. The van der Waals surface area contributed by atoms with Gasteiger partial charge in [-0.25, -0.2) is 9.97 Å². The molecule has 2 fully saturated rings. The molecule has 11 heteroatoms. The maximum Gasteiger partial charge on any atom is 0.251 e. The molecule has 1 saturated heterocycles. The first-order valence-electron chi connectivity index (χ1n) is 15.0. The fourth-order valence-corrected chi connectivity index (χ4v) is 6.15. The Bertz CT molecular complexity index is 1360. The summed E-state index contributed by atoms with van der Waals surface area (Å²) in [5, 5.41) is 17.9. The van der Waals surface area contributed by atoms with Crippen LogP contribution in [0.3, 0.4) is 0 Å². The molecule has 1 saturated carbocycles. The second kappa shape index (κ2) is 13.3. The lowest BCUT2D eigenvalue weighted by atomic mass is 9.93. The van der Waals surface area contributed by atoms with E-state index < -0.39 is 6.10 Å². The Kier molecular flexibility index (Phi) is 9.12. The summed E-state index contributed by atoms with van der Waals surface area (Å²) < 4.78 is 11.1. The highest BCUT2D eigenvalue weighted by atomic mass is 35.5. The number of rotatable bonds is 11. The van der Waals surface area contributed by atoms with Crippen LogP contribution in [0.5, 0.6) is 5.75 Å². The minimum Gasteiger partial charge on any atom is -0.484 e. The summed E-state index contributed by atoms with van der Waals surface area (Å²) in [6.07, 6.45) is 10.0. The molecule has 3 aliphatic rings. The third-order valence-corrected chi connectivity index (χ3v) is 8.82. The van der Waals surface area contributed by atoms with Gasteiger partial charge in [0.2, 0.25) is 0 Å². The van der Waals surface area contributed by atoms with E-state index in [0.717, 1.165) is 74.5 Å². The highest BCUT2D eigenvalue weighted by Crippen LogP contribution is 2.34. The van der Waals surface area contributed by atoms with Crippen LogP contribution < -0.4 is 20.3 Å². The Hall–Kier alpha value is -3.34. The summed E-state index contributed by atoms with van der Waals surface area (Å²) in [5.41, 5.74) is 2.75. The zero-order valence-corrected chi connectivity index (χ0v) is 24.6. The molecule has 0 radical (unpaired) electrons. The van der Waals surface area contributed by atoms with Crippen molar-refractivity contribution in [3.05, 3.63) is 64.3 Å². The first-order chi connectivity index (χ1) is 20.5. The lowest BCUT2D eigenvalue weighted by Gasteiger charge is -2.31. The number of fused-ring (bicyclic) bond motifs is 1. The van der Waals surface area contributed by atoms with Crippen LogP contribution >= 0.6 is 11.6 Å². The molecule has 0 spiro atoms. The van der Waals surface area contributed by atoms with Gasteiger partial charge in [-0.1, -0.05) is 17.7 Å². The predicted octanol–water partition coefficient (Wildman–Crippen LogP) is 4.41. The smallest absolute Gasteiger partial charge is 0.251 e. The van der Waals surface area contributed by atoms with Gasteiger partial charge in [0.25, 0.3) is 5.91 Å². The number of β-amino-alcohol motifs (C(OH)–C–C–N with tert-alkyl or cyclic N) is 1. The van der Waals surface area contributed by atoms with Gasteiger partial charge in [-0.3, -0.25) is 9.69 Å². The Morgan fingerprint density at radius 3 is 2.79 bits per heavy atom. The van der Waals surface area contributed by atoms with Crippen molar-refractivity contribution < 1.29 is 19.1 Å². The van der Waals surface area contributed by atoms with Crippen molar-refractivity contribution in [2.24, 2.45) is 0 Å². The van der Waals surface area contributed by atoms with E-state index in [2.05, 4.69) is 25.4 Å². The van der Waals surface area contributed by atoms with E-state index in [1.165, 1.54) is 19.2 Å². The number of nitrogens with one attached hydrogen (secondary N) is 2. The Labute approximate surface area is 251 Å². The topological polar surface area (TPSA) is 116 Å². The molecule has 2 aromatic heterocycles. The van der Waals surface area contributed by atoms with Gasteiger partial charge in [0.15, 0.2) is 12.2 Å². The number of carbonyl (C=O) groups is 1. The second-order valence-corrected chi connectivity index (χ2v) is 11.9. The number of piperidine rings is 1. The second-order valence-electron chi connectivity index (χ2n) is 11.5. The van der Waals surface area contributed by atoms with Crippen molar-refractivity contribution in [2.75, 3.05) is 42.9 Å². The number of aliphatic hydroxyl groups is 1. The van der Waals surface area contributed by atoms with Crippen molar-refractivity contribution in [1.82, 2.24) is 20.2 Å². The molecule has 0 unspecified atom stereocenters. The Morgan fingerprint density at radius 2 is 2.02 bits per heavy atom. The number of aliphatic hydroxyl groups excluding tert-OH is 1. The van der Waals surface area contributed by atoms with Gasteiger partial charge in [0.1, 0.15) is 24.0 Å². The molecule has 2 aliphatic heterocycles. The van der Waals surface area contributed by atoms with E-state index in [9.17, 15) is 9.90 Å². The molecule has 6 rings (SSSR count). The van der Waals surface area contributed by atoms with Crippen LogP contribution in [0, 0.1) is 0 Å². The van der Waals surface area contributed by atoms with Crippen LogP contribution in [0.15, 0.2) is 41.3 Å². The number of halogens is 1. The van der Waals surface area contributed by atoms with Crippen molar-refractivity contribution in [3.8, 4) is 5.75 Å². The molecule has 3 aromatic rings. The number of hydrogen-bond acceptors (Lipinski definition) is 9. The summed E-state index contributed by atoms with van der Waals surface area (Å²) in [6, 6.07) is 8.04. The van der Waals surface area contributed by atoms with Gasteiger partial charge in [-0.15, -0.1) is 0 Å². The monoisotopic (exact) mass is 594 g/mol. The molecule has 4 heterocycles. The standard InChI is InChI=1S/C31H39ClN6O4/c32-30-26-9-12-37(17-21(26)7-8-27(30)41-19-25-16-33-20-42-25)18-24(39)15-34-31(40)22-13-28(35-23-5-4-6-23)36-29(14-22)38-10-2-1-3-11-38/h7-8,13-14,16,20,23-24,39H,1-6,9-12,15,17-19H2,(H,34,40)(H,35,36)/t24-/m0/s1. The van der Waals surface area contributed by atoms with E-state index in [4.69, 9.17) is 25.7 Å². The molecule has 224 valence electrons. The average molecular weight is 595 g/mol. The number of benzene rings is 1. The number of anilines is 2. The first-order valence-corrected chi connectivity index (χ1v) is 15.4. The minimum atomic E-state index is -0.702. The molecular formula is C31H39ClN6O4. The van der Waals surface area contributed by atoms with Gasteiger partial charge < -0.3 is 29.8 Å². The predicted molar refractivity (Wildman–Crippen MR) is 161 cm³/mol. The van der Waals surface area contributed by atoms with E-state index in [-0.39, 0.29) is 19.1 Å². The summed E-state index contributed by atoms with van der Waals surface area (Å²) in [4.78, 5) is 26.4. The maximum absolute atomic E-state index is 13.2. The fraction of sp³-hybridized carbons (Fsp3) is 0.516. The molecule has 42 heavy (non-hydrogen) atoms. The molecule has 1 aromatic carbocycles. The lowest BCUT2D eigenvalue weighted by molar-refractivity contribution is 0.0841. The number of nitrogens with zero attached hydrogens (tertiary/aromatic N) is 4. The number of ether oxygens (including phenoxy) is 1. The van der Waals surface area contributed by atoms with Crippen LogP contribution in [-0.4, -0.2) is 70.8 Å². The van der Waals surface area contributed by atoms with Crippen molar-refractivity contribution in [3.63, 3.8) is 0 Å². The highest BCUT2D eigenvalue weighted by molar-refractivity contribution is 6.33. The zero-order valence-electron chi connectivity index (χ0n) is 23.9. The zero-order chi connectivity index (χ0) is 28.9. The van der Waals surface area contributed by atoms with Crippen molar-refractivity contribution >= 4 is 29.1 Å². The fourth-order valence-electron chi connectivity index (χ4n) is 5.82. The molecule has 10 nitrogen and oxygen atoms in total. The third kappa shape index (κ3) is 6.99. The number of oxazole rings is 1. The van der Waals surface area contributed by atoms with Crippen LogP contribution in [0.4, 0.5) is 11.6 Å². The molecular weight excluding hydrogens is 556 g/mol. The lowest BCUT2D eigenvalue weighted by Crippen LogP contribution is -2.42. The first kappa shape index (κ1) is 28.8. The van der Waals surface area contributed by atoms with Crippen molar-refractivity contribution in [2.45, 2.75) is 70.2 Å². The van der Waals surface area contributed by atoms with E-state index >= 15 is 0 Å². The van der Waals surface area contributed by atoms with Gasteiger partial charge in [-0.2, -0.15) is 0 Å². The van der Waals surface area contributed by atoms with Gasteiger partial charge >= 0.3 is 0 Å². The largest absolute Gasteiger partial charge is 0.484 e. The normalized spacial score (nSPS) is 18.2. The number of carbonyl (C=O) groups excluding carboxylic acids is 1. The SMILES string of the molecule is O=C(NC[C@H](O)CN1CCc2c(ccc(OCc3cnco3)c2Cl)C1)c1cc(NC2CCC2)nc(N2CCCCC2)c1. The number of pyridine rings is 1. The number of amides is 1. The van der Waals surface area contributed by atoms with Crippen LogP contribution in [0.1, 0.15) is 65.8 Å². The van der Waals surface area contributed by atoms with Gasteiger partial charge in [0.05, 0.1) is 17.3 Å². The van der Waals surface area contributed by atoms with Gasteiger partial charge in [0, 0.05) is 50.9 Å². The van der Waals surface area contributed by atoms with Crippen LogP contribution in [-0.2, 0) is 19.6 Å². The highest BCUT2D eigenvalue weighted by Gasteiger charge is 2.24.